The molecule has 1 N–H and O–H groups in total. The van der Waals surface area contributed by atoms with Gasteiger partial charge < -0.3 is 10.2 Å². The molecule has 0 unspecified atom stereocenters. The lowest BCUT2D eigenvalue weighted by Crippen LogP contribution is -2.48. The first kappa shape index (κ1) is 15.8. The molecule has 0 aliphatic carbocycles. The van der Waals surface area contributed by atoms with Gasteiger partial charge >= 0.3 is 6.03 Å². The summed E-state index contributed by atoms with van der Waals surface area (Å²) in [5.74, 6) is 0.523. The van der Waals surface area contributed by atoms with Crippen LogP contribution in [0.25, 0.3) is 0 Å². The number of hydrogen-bond acceptors (Lipinski definition) is 3. The average molecular weight is 310 g/mol. The molecule has 1 saturated heterocycles. The fraction of sp³-hybridized carbons (Fsp3) is 0.533. The molecule has 1 aromatic rings. The number of urea groups is 1. The molecule has 21 heavy (non-hydrogen) atoms. The van der Waals surface area contributed by atoms with E-state index in [4.69, 9.17) is 0 Å². The molecule has 0 radical (unpaired) electrons. The van der Waals surface area contributed by atoms with Crippen LogP contribution < -0.4 is 5.32 Å². The molecule has 2 rings (SSSR count). The minimum absolute atomic E-state index is 0.0703. The molecule has 6 heteroatoms. The molecular weight excluding hydrogens is 288 g/mol. The Morgan fingerprint density at radius 1 is 1.24 bits per heavy atom. The van der Waals surface area contributed by atoms with Gasteiger partial charge in [-0.15, -0.1) is 0 Å². The topological polar surface area (TPSA) is 66.5 Å². The van der Waals surface area contributed by atoms with Crippen molar-refractivity contribution in [2.75, 3.05) is 31.1 Å². The van der Waals surface area contributed by atoms with Gasteiger partial charge in [-0.2, -0.15) is 0 Å². The summed E-state index contributed by atoms with van der Waals surface area (Å²) in [6.45, 7) is 3.32. The van der Waals surface area contributed by atoms with Crippen molar-refractivity contribution in [1.29, 1.82) is 0 Å². The third-order valence-corrected chi connectivity index (χ3v) is 5.46. The van der Waals surface area contributed by atoms with Gasteiger partial charge in [0.1, 0.15) is 0 Å². The largest absolute Gasteiger partial charge is 0.338 e. The number of sulfone groups is 1. The third kappa shape index (κ3) is 4.74. The van der Waals surface area contributed by atoms with Crippen LogP contribution in [0.1, 0.15) is 24.8 Å². The molecule has 1 aliphatic rings. The van der Waals surface area contributed by atoms with E-state index in [2.05, 4.69) is 24.4 Å². The molecule has 1 fully saturated rings. The minimum Gasteiger partial charge on any atom is -0.338 e. The highest BCUT2D eigenvalue weighted by Gasteiger charge is 2.24. The third-order valence-electron chi connectivity index (χ3n) is 3.85. The van der Waals surface area contributed by atoms with Crippen molar-refractivity contribution in [3.05, 3.63) is 35.9 Å². The fourth-order valence-corrected chi connectivity index (χ4v) is 3.57. The molecule has 0 aromatic heterocycles. The molecule has 0 bridgehead atoms. The number of amides is 2. The van der Waals surface area contributed by atoms with Crippen LogP contribution in [0.4, 0.5) is 4.79 Å². The van der Waals surface area contributed by atoms with Crippen LogP contribution in [0.5, 0.6) is 0 Å². The van der Waals surface area contributed by atoms with Crippen LogP contribution in [0.3, 0.4) is 0 Å². The summed E-state index contributed by atoms with van der Waals surface area (Å²) in [5.41, 5.74) is 1.26. The van der Waals surface area contributed by atoms with Crippen molar-refractivity contribution in [3.8, 4) is 0 Å². The summed E-state index contributed by atoms with van der Waals surface area (Å²) < 4.78 is 22.6. The maximum Gasteiger partial charge on any atom is 0.317 e. The summed E-state index contributed by atoms with van der Waals surface area (Å²) in [5, 5.41) is 2.87. The first-order valence-electron chi connectivity index (χ1n) is 7.26. The first-order chi connectivity index (χ1) is 9.98. The molecule has 1 heterocycles. The number of nitrogens with zero attached hydrogens (tertiary/aromatic N) is 1. The monoisotopic (exact) mass is 310 g/mol. The summed E-state index contributed by atoms with van der Waals surface area (Å²) >= 11 is 0. The zero-order chi connectivity index (χ0) is 15.3. The predicted molar refractivity (Wildman–Crippen MR) is 83.1 cm³/mol. The van der Waals surface area contributed by atoms with Crippen LogP contribution >= 0.6 is 0 Å². The molecule has 1 atom stereocenters. The van der Waals surface area contributed by atoms with Gasteiger partial charge in [-0.1, -0.05) is 37.3 Å². The lowest BCUT2D eigenvalue weighted by atomic mass is 9.98. The van der Waals surface area contributed by atoms with E-state index < -0.39 is 9.84 Å². The van der Waals surface area contributed by atoms with Crippen molar-refractivity contribution in [3.63, 3.8) is 0 Å². The zero-order valence-corrected chi connectivity index (χ0v) is 13.1. The Kier molecular flexibility index (Phi) is 5.22. The normalized spacial score (nSPS) is 19.0. The summed E-state index contributed by atoms with van der Waals surface area (Å²) in [6.07, 6.45) is 0.863. The summed E-state index contributed by atoms with van der Waals surface area (Å²) in [7, 11) is -2.94. The lowest BCUT2D eigenvalue weighted by Gasteiger charge is -2.27. The quantitative estimate of drug-likeness (QED) is 0.919. The van der Waals surface area contributed by atoms with E-state index in [0.717, 1.165) is 6.42 Å². The van der Waals surface area contributed by atoms with Crippen LogP contribution in [-0.2, 0) is 9.84 Å². The van der Waals surface area contributed by atoms with Gasteiger partial charge in [-0.05, 0) is 17.9 Å². The van der Waals surface area contributed by atoms with Gasteiger partial charge in [0.25, 0.3) is 0 Å². The van der Waals surface area contributed by atoms with E-state index in [9.17, 15) is 13.2 Å². The van der Waals surface area contributed by atoms with Gasteiger partial charge in [0.15, 0.2) is 9.84 Å². The highest BCUT2D eigenvalue weighted by molar-refractivity contribution is 7.91. The molecule has 0 saturated carbocycles. The number of carbonyl (C=O) groups excluding carboxylic acids is 1. The highest BCUT2D eigenvalue weighted by Crippen LogP contribution is 2.17. The standard InChI is InChI=1S/C15H22N2O3S/c1-13(14-5-3-2-4-6-14)7-8-16-15(18)17-9-11-21(19,20)12-10-17/h2-6,13H,7-12H2,1H3,(H,16,18)/t13-/m0/s1. The SMILES string of the molecule is C[C@@H](CCNC(=O)N1CCS(=O)(=O)CC1)c1ccccc1. The second kappa shape index (κ2) is 6.93. The second-order valence-electron chi connectivity index (χ2n) is 5.47. The zero-order valence-electron chi connectivity index (χ0n) is 12.3. The predicted octanol–water partition coefficient (Wildman–Crippen LogP) is 1.62. The van der Waals surface area contributed by atoms with Gasteiger partial charge in [0.2, 0.25) is 0 Å². The Balaban J connectivity index is 1.72. The number of benzene rings is 1. The number of rotatable bonds is 4. The first-order valence-corrected chi connectivity index (χ1v) is 9.08. The molecule has 1 aliphatic heterocycles. The lowest BCUT2D eigenvalue weighted by molar-refractivity contribution is 0.202. The Morgan fingerprint density at radius 3 is 2.48 bits per heavy atom. The van der Waals surface area contributed by atoms with E-state index in [1.54, 1.807) is 4.90 Å². The van der Waals surface area contributed by atoms with E-state index in [1.807, 2.05) is 18.2 Å². The summed E-state index contributed by atoms with van der Waals surface area (Å²) in [4.78, 5) is 13.5. The second-order valence-corrected chi connectivity index (χ2v) is 7.77. The smallest absolute Gasteiger partial charge is 0.317 e. The Bertz CT molecular complexity index is 558. The minimum atomic E-state index is -2.94. The maximum absolute atomic E-state index is 11.9. The molecule has 5 nitrogen and oxygen atoms in total. The van der Waals surface area contributed by atoms with E-state index in [1.165, 1.54) is 5.56 Å². The molecular formula is C15H22N2O3S. The van der Waals surface area contributed by atoms with Crippen molar-refractivity contribution in [2.24, 2.45) is 0 Å². The highest BCUT2D eigenvalue weighted by atomic mass is 32.2. The number of nitrogens with one attached hydrogen (secondary N) is 1. The molecule has 2 amide bonds. The van der Waals surface area contributed by atoms with Crippen LogP contribution in [-0.4, -0.2) is 50.5 Å². The van der Waals surface area contributed by atoms with Gasteiger partial charge in [0, 0.05) is 19.6 Å². The molecule has 116 valence electrons. The fourth-order valence-electron chi connectivity index (χ4n) is 2.37. The number of carbonyl (C=O) groups is 1. The number of hydrogen-bond donors (Lipinski definition) is 1. The van der Waals surface area contributed by atoms with Crippen LogP contribution in [0.15, 0.2) is 30.3 Å². The van der Waals surface area contributed by atoms with E-state index in [-0.39, 0.29) is 17.5 Å². The van der Waals surface area contributed by atoms with Gasteiger partial charge in [-0.25, -0.2) is 13.2 Å². The van der Waals surface area contributed by atoms with Crippen molar-refractivity contribution >= 4 is 15.9 Å². The van der Waals surface area contributed by atoms with Gasteiger partial charge in [0.05, 0.1) is 11.5 Å². The average Bonchev–Trinajstić information content (AvgIpc) is 2.47. The van der Waals surface area contributed by atoms with Crippen molar-refractivity contribution in [2.45, 2.75) is 19.3 Å². The maximum atomic E-state index is 11.9. The van der Waals surface area contributed by atoms with Crippen molar-refractivity contribution < 1.29 is 13.2 Å². The van der Waals surface area contributed by atoms with Gasteiger partial charge in [-0.3, -0.25) is 0 Å². The Hall–Kier alpha value is -1.56. The van der Waals surface area contributed by atoms with Crippen LogP contribution in [0.2, 0.25) is 0 Å². The van der Waals surface area contributed by atoms with E-state index in [0.29, 0.717) is 25.6 Å². The Morgan fingerprint density at radius 2 is 1.86 bits per heavy atom. The molecule has 0 spiro atoms. The Labute approximate surface area is 126 Å². The van der Waals surface area contributed by atoms with Crippen molar-refractivity contribution in [1.82, 2.24) is 10.2 Å². The van der Waals surface area contributed by atoms with Crippen LogP contribution in [0, 0.1) is 0 Å². The van der Waals surface area contributed by atoms with E-state index >= 15 is 0 Å². The molecule has 1 aromatic carbocycles. The summed E-state index contributed by atoms with van der Waals surface area (Å²) in [6, 6.07) is 10.0.